The van der Waals surface area contributed by atoms with Gasteiger partial charge in [-0.3, -0.25) is 4.79 Å². The van der Waals surface area contributed by atoms with Gasteiger partial charge in [0.15, 0.2) is 25.2 Å². The van der Waals surface area contributed by atoms with Gasteiger partial charge in [-0.15, -0.1) is 0 Å². The standard InChI is InChI=1S/C49H76O20/c1-21-43(67-38-17-32(53)44(22(2)62-38)68-39-18-33(64-24(4)51)45(23(3)63-39)69-46-42(58)41(57)40(56)34(19-50)66-46)31(52)16-37(61-21)65-27-9-11-47(5)26(14-27)7-8-29-30(47)15-35(54)48(6)28(10-12-49(29,48)59)25-13-36(55)60-20-25/h13,21-23,26-35,37-46,50,52-54,56-59H,7-12,14-20H2,1-6H3/t21-,22-,23-,26+,27+,28-,29-,30-,31+,32+,33+,34-,35-,37-,38+,39+,40-,41+,42-,43+,44+,45-,46-,47+,48+,49+/m1/s1. The molecule has 5 heterocycles. The average molecular weight is 985 g/mol. The summed E-state index contributed by atoms with van der Waals surface area (Å²) in [5, 5.41) is 88.1. The zero-order valence-corrected chi connectivity index (χ0v) is 40.5. The summed E-state index contributed by atoms with van der Waals surface area (Å²) in [7, 11) is 0. The Morgan fingerprint density at radius 1 is 0.710 bits per heavy atom. The summed E-state index contributed by atoms with van der Waals surface area (Å²) in [4.78, 5) is 24.2. The molecule has 5 aliphatic heterocycles. The summed E-state index contributed by atoms with van der Waals surface area (Å²) in [6, 6.07) is 0. The van der Waals surface area contributed by atoms with Crippen LogP contribution in [0.5, 0.6) is 0 Å². The molecule has 4 aliphatic carbocycles. The van der Waals surface area contributed by atoms with Gasteiger partial charge in [0.2, 0.25) is 0 Å². The van der Waals surface area contributed by atoms with E-state index in [0.29, 0.717) is 25.2 Å². The van der Waals surface area contributed by atoms with Crippen molar-refractivity contribution in [2.45, 2.75) is 234 Å². The molecule has 392 valence electrons. The lowest BCUT2D eigenvalue weighted by Gasteiger charge is -2.65. The number of carbonyl (C=O) groups is 2. The smallest absolute Gasteiger partial charge is 0.331 e. The number of hydrogen-bond acceptors (Lipinski definition) is 20. The third-order valence-electron chi connectivity index (χ3n) is 18.4. The fourth-order valence-corrected chi connectivity index (χ4v) is 14.6. The molecule has 4 saturated carbocycles. The first-order valence-electron chi connectivity index (χ1n) is 25.3. The molecule has 26 atom stereocenters. The predicted octanol–water partition coefficient (Wildman–Crippen LogP) is 0.613. The van der Waals surface area contributed by atoms with Gasteiger partial charge in [-0.2, -0.15) is 0 Å². The molecule has 0 spiro atoms. The maximum absolute atomic E-state index is 12.6. The molecule has 0 aromatic rings. The SMILES string of the molecule is CC(=O)O[C@H]1C[C@H](O[C@@H]2[C@@H](O)C[C@H](O[C@@H]3[C@@H](O)C[C@@H](O[C@H]4CC[C@@]5(C)[C@@H](CC[C@@H]6[C@H]5C[C@@H](O)[C@]5(C)[C@@H](C7=CC(=O)OC7)CC[C@]65O)C4)O[C@@H]3C)O[C@@H]2C)O[C@H](C)[C@H]1O[C@H]1O[C@H](CO)[C@@H](O)[C@H](O)[C@H]1O. The third-order valence-corrected chi connectivity index (χ3v) is 18.4. The van der Waals surface area contributed by atoms with Gasteiger partial charge < -0.3 is 88.2 Å². The molecule has 20 nitrogen and oxygen atoms in total. The van der Waals surface area contributed by atoms with Crippen molar-refractivity contribution in [1.29, 1.82) is 0 Å². The van der Waals surface area contributed by atoms with Gasteiger partial charge in [0.25, 0.3) is 0 Å². The first-order chi connectivity index (χ1) is 32.6. The van der Waals surface area contributed by atoms with E-state index in [4.69, 9.17) is 47.4 Å². The van der Waals surface area contributed by atoms with Crippen molar-refractivity contribution >= 4 is 11.9 Å². The fraction of sp³-hybridized carbons (Fsp3) is 0.918. The van der Waals surface area contributed by atoms with Gasteiger partial charge in [0.05, 0.1) is 54.9 Å². The molecule has 9 rings (SSSR count). The van der Waals surface area contributed by atoms with E-state index in [0.717, 1.165) is 37.7 Å². The van der Waals surface area contributed by atoms with E-state index in [2.05, 4.69) is 6.92 Å². The number of aliphatic hydroxyl groups excluding tert-OH is 7. The van der Waals surface area contributed by atoms with Gasteiger partial charge in [-0.05, 0) is 107 Å². The molecule has 8 fully saturated rings. The number of ether oxygens (including phenoxy) is 10. The van der Waals surface area contributed by atoms with Crippen LogP contribution >= 0.6 is 0 Å². The minimum absolute atomic E-state index is 0.00421. The second-order valence-electron chi connectivity index (χ2n) is 22.2. The molecular formula is C49H76O20. The summed E-state index contributed by atoms with van der Waals surface area (Å²) >= 11 is 0. The Balaban J connectivity index is 0.752. The van der Waals surface area contributed by atoms with Crippen molar-refractivity contribution in [3.8, 4) is 0 Å². The second kappa shape index (κ2) is 20.0. The van der Waals surface area contributed by atoms with Crippen LogP contribution in [0.25, 0.3) is 0 Å². The van der Waals surface area contributed by atoms with Crippen LogP contribution in [-0.4, -0.2) is 188 Å². The van der Waals surface area contributed by atoms with Crippen molar-refractivity contribution < 1.29 is 97.8 Å². The zero-order valence-electron chi connectivity index (χ0n) is 40.5. The number of carbonyl (C=O) groups excluding carboxylic acids is 2. The molecule has 69 heavy (non-hydrogen) atoms. The predicted molar refractivity (Wildman–Crippen MR) is 235 cm³/mol. The van der Waals surface area contributed by atoms with Gasteiger partial charge in [0.1, 0.15) is 55.4 Å². The summed E-state index contributed by atoms with van der Waals surface area (Å²) in [5.41, 5.74) is -1.01. The Hall–Kier alpha value is -1.96. The Morgan fingerprint density at radius 2 is 1.33 bits per heavy atom. The zero-order chi connectivity index (χ0) is 49.5. The van der Waals surface area contributed by atoms with E-state index in [1.807, 2.05) is 6.92 Å². The summed E-state index contributed by atoms with van der Waals surface area (Å²) < 4.78 is 60.1. The van der Waals surface area contributed by atoms with Gasteiger partial charge in [-0.1, -0.05) is 13.8 Å². The van der Waals surface area contributed by atoms with Crippen molar-refractivity contribution in [2.24, 2.45) is 34.5 Å². The lowest BCUT2D eigenvalue weighted by molar-refractivity contribution is -0.355. The van der Waals surface area contributed by atoms with E-state index in [9.17, 15) is 50.4 Å². The van der Waals surface area contributed by atoms with Crippen molar-refractivity contribution in [1.82, 2.24) is 0 Å². The summed E-state index contributed by atoms with van der Waals surface area (Å²) in [6.45, 7) is 10.3. The second-order valence-corrected chi connectivity index (χ2v) is 22.2. The van der Waals surface area contributed by atoms with Crippen LogP contribution in [0, 0.1) is 34.5 Å². The van der Waals surface area contributed by atoms with Gasteiger partial charge in [0, 0.05) is 37.7 Å². The number of fused-ring (bicyclic) bond motifs is 5. The lowest BCUT2D eigenvalue weighted by Crippen LogP contribution is -2.67. The van der Waals surface area contributed by atoms with Crippen molar-refractivity contribution in [3.05, 3.63) is 11.6 Å². The van der Waals surface area contributed by atoms with Crippen molar-refractivity contribution in [3.63, 3.8) is 0 Å². The Kier molecular flexibility index (Phi) is 15.1. The summed E-state index contributed by atoms with van der Waals surface area (Å²) in [6.07, 6.45) is -11.1. The average Bonchev–Trinajstić information content (AvgIpc) is 3.84. The minimum Gasteiger partial charge on any atom is -0.459 e. The van der Waals surface area contributed by atoms with E-state index >= 15 is 0 Å². The first-order valence-corrected chi connectivity index (χ1v) is 25.3. The van der Waals surface area contributed by atoms with E-state index in [1.54, 1.807) is 26.8 Å². The Morgan fingerprint density at radius 3 is 1.93 bits per heavy atom. The molecule has 0 aromatic carbocycles. The van der Waals surface area contributed by atoms with Crippen molar-refractivity contribution in [2.75, 3.05) is 13.2 Å². The molecule has 0 bridgehead atoms. The fourth-order valence-electron chi connectivity index (χ4n) is 14.6. The van der Waals surface area contributed by atoms with Crippen LogP contribution in [-0.2, 0) is 57.0 Å². The number of rotatable bonds is 11. The van der Waals surface area contributed by atoms with Gasteiger partial charge in [-0.25, -0.2) is 4.79 Å². The van der Waals surface area contributed by atoms with Crippen LogP contribution in [0.2, 0.25) is 0 Å². The molecule has 0 amide bonds. The maximum atomic E-state index is 12.6. The van der Waals surface area contributed by atoms with E-state index in [1.165, 1.54) is 6.92 Å². The summed E-state index contributed by atoms with van der Waals surface area (Å²) in [5.74, 6) is -0.580. The Bertz CT molecular complexity index is 1850. The monoisotopic (exact) mass is 984 g/mol. The molecule has 0 aromatic heterocycles. The van der Waals surface area contributed by atoms with Crippen LogP contribution in [0.1, 0.15) is 112 Å². The molecule has 9 aliphatic rings. The van der Waals surface area contributed by atoms with Crippen LogP contribution in [0.4, 0.5) is 0 Å². The highest BCUT2D eigenvalue weighted by Gasteiger charge is 2.71. The highest BCUT2D eigenvalue weighted by atomic mass is 16.8. The van der Waals surface area contributed by atoms with Crippen LogP contribution in [0.3, 0.4) is 0 Å². The molecule has 0 radical (unpaired) electrons. The van der Waals surface area contributed by atoms with E-state index < -0.39 is 134 Å². The highest BCUT2D eigenvalue weighted by Crippen LogP contribution is 2.70. The maximum Gasteiger partial charge on any atom is 0.331 e. The van der Waals surface area contributed by atoms with Crippen LogP contribution < -0.4 is 0 Å². The molecule has 4 saturated heterocycles. The molecule has 20 heteroatoms. The lowest BCUT2D eigenvalue weighted by atomic mass is 9.42. The largest absolute Gasteiger partial charge is 0.459 e. The molecular weight excluding hydrogens is 909 g/mol. The number of hydrogen-bond donors (Lipinski definition) is 8. The highest BCUT2D eigenvalue weighted by molar-refractivity contribution is 5.85. The Labute approximate surface area is 402 Å². The number of cyclic esters (lactones) is 1. The molecule has 8 N–H and O–H groups in total. The number of aliphatic hydroxyl groups is 8. The number of esters is 2. The molecule has 0 unspecified atom stereocenters. The topological polar surface area (TPSA) is 288 Å². The van der Waals surface area contributed by atoms with Crippen LogP contribution in [0.15, 0.2) is 11.6 Å². The minimum atomic E-state index is -1.69. The normalized spacial score (nSPS) is 53.3. The third kappa shape index (κ3) is 9.48. The quantitative estimate of drug-likeness (QED) is 0.104. The van der Waals surface area contributed by atoms with E-state index in [-0.39, 0.29) is 61.1 Å². The first kappa shape index (κ1) is 51.9. The van der Waals surface area contributed by atoms with Gasteiger partial charge >= 0.3 is 11.9 Å².